The molecule has 2 fully saturated rings. The number of nitrogens with zero attached hydrogens (tertiary/aromatic N) is 1. The largest absolute Gasteiger partial charge is 0.393 e. The minimum atomic E-state index is -0.389. The van der Waals surface area contributed by atoms with Crippen LogP contribution < -0.4 is 5.32 Å². The Labute approximate surface area is 133 Å². The fourth-order valence-corrected chi connectivity index (χ4v) is 3.80. The zero-order valence-electron chi connectivity index (χ0n) is 13.7. The molecular formula is C17H30N2O3. The molecule has 5 nitrogen and oxygen atoms in total. The Kier molecular flexibility index (Phi) is 6.68. The van der Waals surface area contributed by atoms with Gasteiger partial charge in [-0.2, -0.15) is 0 Å². The van der Waals surface area contributed by atoms with Gasteiger partial charge in [0.1, 0.15) is 0 Å². The second-order valence-electron chi connectivity index (χ2n) is 6.93. The summed E-state index contributed by atoms with van der Waals surface area (Å²) in [4.78, 5) is 25.9. The molecule has 1 saturated carbocycles. The number of hydrogen-bond acceptors (Lipinski definition) is 3. The second kappa shape index (κ2) is 8.51. The van der Waals surface area contributed by atoms with Gasteiger partial charge in [-0.1, -0.05) is 25.7 Å². The van der Waals surface area contributed by atoms with Crippen LogP contribution in [-0.4, -0.2) is 47.1 Å². The van der Waals surface area contributed by atoms with Crippen molar-refractivity contribution in [2.24, 2.45) is 5.92 Å². The van der Waals surface area contributed by atoms with Crippen molar-refractivity contribution in [2.75, 3.05) is 13.1 Å². The van der Waals surface area contributed by atoms with Gasteiger partial charge in [0.25, 0.3) is 0 Å². The summed E-state index contributed by atoms with van der Waals surface area (Å²) in [6, 6.07) is 0.128. The summed E-state index contributed by atoms with van der Waals surface area (Å²) in [5.74, 6) is 0.680. The maximum atomic E-state index is 12.2. The van der Waals surface area contributed by atoms with Crippen LogP contribution in [0.25, 0.3) is 0 Å². The number of nitrogens with one attached hydrogen (secondary N) is 1. The van der Waals surface area contributed by atoms with E-state index in [0.29, 0.717) is 18.8 Å². The van der Waals surface area contributed by atoms with E-state index in [2.05, 4.69) is 5.32 Å². The summed E-state index contributed by atoms with van der Waals surface area (Å²) in [5, 5.41) is 12.3. The van der Waals surface area contributed by atoms with Gasteiger partial charge >= 0.3 is 0 Å². The van der Waals surface area contributed by atoms with Crippen molar-refractivity contribution in [1.29, 1.82) is 0 Å². The Morgan fingerprint density at radius 2 is 1.95 bits per heavy atom. The molecule has 1 saturated heterocycles. The molecule has 0 spiro atoms. The van der Waals surface area contributed by atoms with E-state index >= 15 is 0 Å². The zero-order valence-corrected chi connectivity index (χ0v) is 13.7. The fourth-order valence-electron chi connectivity index (χ4n) is 3.80. The summed E-state index contributed by atoms with van der Waals surface area (Å²) >= 11 is 0. The van der Waals surface area contributed by atoms with Crippen LogP contribution in [0.15, 0.2) is 0 Å². The Morgan fingerprint density at radius 1 is 1.23 bits per heavy atom. The van der Waals surface area contributed by atoms with Gasteiger partial charge in [-0.3, -0.25) is 9.59 Å². The topological polar surface area (TPSA) is 69.6 Å². The average Bonchev–Trinajstić information content (AvgIpc) is 3.13. The lowest BCUT2D eigenvalue weighted by molar-refractivity contribution is -0.134. The highest BCUT2D eigenvalue weighted by atomic mass is 16.3. The summed E-state index contributed by atoms with van der Waals surface area (Å²) in [5.41, 5.74) is 0. The van der Waals surface area contributed by atoms with Crippen molar-refractivity contribution >= 4 is 11.8 Å². The lowest BCUT2D eigenvalue weighted by Gasteiger charge is -2.25. The number of amides is 2. The molecule has 1 aliphatic carbocycles. The Morgan fingerprint density at radius 3 is 2.64 bits per heavy atom. The molecule has 0 aromatic carbocycles. The third-order valence-corrected chi connectivity index (χ3v) is 5.00. The van der Waals surface area contributed by atoms with Crippen molar-refractivity contribution in [2.45, 2.75) is 76.9 Å². The first-order valence-electron chi connectivity index (χ1n) is 8.80. The maximum Gasteiger partial charge on any atom is 0.242 e. The first kappa shape index (κ1) is 17.3. The minimum absolute atomic E-state index is 0.00785. The van der Waals surface area contributed by atoms with E-state index in [4.69, 9.17) is 0 Å². The number of rotatable bonds is 7. The van der Waals surface area contributed by atoms with E-state index in [1.54, 1.807) is 6.92 Å². The predicted octanol–water partition coefficient (Wildman–Crippen LogP) is 1.83. The van der Waals surface area contributed by atoms with Crippen molar-refractivity contribution in [3.05, 3.63) is 0 Å². The SMILES string of the molecule is CC(O)CC1CCCN1C(=O)CNC(=O)CCC1CCCC1. The normalized spacial score (nSPS) is 23.7. The third-order valence-electron chi connectivity index (χ3n) is 5.00. The van der Waals surface area contributed by atoms with E-state index in [1.807, 2.05) is 4.90 Å². The molecule has 2 rings (SSSR count). The molecule has 1 heterocycles. The molecule has 2 atom stereocenters. The van der Waals surface area contributed by atoms with Crippen LogP contribution in [0.2, 0.25) is 0 Å². The van der Waals surface area contributed by atoms with Gasteiger partial charge in [-0.05, 0) is 38.5 Å². The number of carbonyl (C=O) groups is 2. The molecule has 2 N–H and O–H groups in total. The predicted molar refractivity (Wildman–Crippen MR) is 85.2 cm³/mol. The van der Waals surface area contributed by atoms with Crippen LogP contribution in [0.5, 0.6) is 0 Å². The fraction of sp³-hybridized carbons (Fsp3) is 0.882. The first-order valence-corrected chi connectivity index (χ1v) is 8.80. The number of carbonyl (C=O) groups excluding carboxylic acids is 2. The number of hydrogen-bond donors (Lipinski definition) is 2. The standard InChI is InChI=1S/C17H30N2O3/c1-13(20)11-15-7-4-10-19(15)17(22)12-18-16(21)9-8-14-5-2-3-6-14/h13-15,20H,2-12H2,1H3,(H,18,21). The molecule has 5 heteroatoms. The monoisotopic (exact) mass is 310 g/mol. The number of aliphatic hydroxyl groups excluding tert-OH is 1. The van der Waals surface area contributed by atoms with Crippen LogP contribution in [0.1, 0.15) is 64.7 Å². The molecule has 0 bridgehead atoms. The molecule has 2 unspecified atom stereocenters. The Bertz CT molecular complexity index is 378. The molecule has 126 valence electrons. The van der Waals surface area contributed by atoms with Gasteiger partial charge in [-0.25, -0.2) is 0 Å². The van der Waals surface area contributed by atoms with Crippen LogP contribution in [0.3, 0.4) is 0 Å². The number of likely N-dealkylation sites (tertiary alicyclic amines) is 1. The third kappa shape index (κ3) is 5.27. The molecule has 1 aliphatic heterocycles. The van der Waals surface area contributed by atoms with Crippen molar-refractivity contribution in [3.8, 4) is 0 Å². The molecule has 22 heavy (non-hydrogen) atoms. The van der Waals surface area contributed by atoms with Crippen molar-refractivity contribution in [1.82, 2.24) is 10.2 Å². The summed E-state index contributed by atoms with van der Waals surface area (Å²) in [6.07, 6.45) is 8.76. The molecule has 0 aromatic rings. The first-order chi connectivity index (χ1) is 10.6. The van der Waals surface area contributed by atoms with Gasteiger partial charge in [0.05, 0.1) is 12.6 Å². The van der Waals surface area contributed by atoms with Gasteiger partial charge in [0.2, 0.25) is 11.8 Å². The van der Waals surface area contributed by atoms with Crippen molar-refractivity contribution in [3.63, 3.8) is 0 Å². The van der Waals surface area contributed by atoms with E-state index in [9.17, 15) is 14.7 Å². The van der Waals surface area contributed by atoms with E-state index in [1.165, 1.54) is 25.7 Å². The van der Waals surface area contributed by atoms with Gasteiger partial charge < -0.3 is 15.3 Å². The van der Waals surface area contributed by atoms with Crippen molar-refractivity contribution < 1.29 is 14.7 Å². The minimum Gasteiger partial charge on any atom is -0.393 e. The highest BCUT2D eigenvalue weighted by Crippen LogP contribution is 2.28. The molecule has 2 aliphatic rings. The van der Waals surface area contributed by atoms with Gasteiger partial charge in [0.15, 0.2) is 0 Å². The smallest absolute Gasteiger partial charge is 0.242 e. The van der Waals surface area contributed by atoms with E-state index in [-0.39, 0.29) is 30.5 Å². The van der Waals surface area contributed by atoms with E-state index in [0.717, 1.165) is 25.8 Å². The average molecular weight is 310 g/mol. The summed E-state index contributed by atoms with van der Waals surface area (Å²) in [7, 11) is 0. The van der Waals surface area contributed by atoms with Crippen LogP contribution in [0.4, 0.5) is 0 Å². The van der Waals surface area contributed by atoms with Crippen LogP contribution in [-0.2, 0) is 9.59 Å². The molecule has 0 aromatic heterocycles. The zero-order chi connectivity index (χ0) is 15.9. The highest BCUT2D eigenvalue weighted by Gasteiger charge is 2.29. The Balaban J connectivity index is 1.66. The quantitative estimate of drug-likeness (QED) is 0.754. The molecule has 0 radical (unpaired) electrons. The van der Waals surface area contributed by atoms with Crippen LogP contribution >= 0.6 is 0 Å². The van der Waals surface area contributed by atoms with Gasteiger partial charge in [0, 0.05) is 19.0 Å². The Hall–Kier alpha value is -1.10. The summed E-state index contributed by atoms with van der Waals surface area (Å²) in [6.45, 7) is 2.60. The summed E-state index contributed by atoms with van der Waals surface area (Å²) < 4.78 is 0. The number of aliphatic hydroxyl groups is 1. The lowest BCUT2D eigenvalue weighted by atomic mass is 10.0. The second-order valence-corrected chi connectivity index (χ2v) is 6.93. The lowest BCUT2D eigenvalue weighted by Crippen LogP contribution is -2.43. The molecular weight excluding hydrogens is 280 g/mol. The highest BCUT2D eigenvalue weighted by molar-refractivity contribution is 5.85. The van der Waals surface area contributed by atoms with Crippen LogP contribution in [0, 0.1) is 5.92 Å². The van der Waals surface area contributed by atoms with E-state index < -0.39 is 0 Å². The van der Waals surface area contributed by atoms with Gasteiger partial charge in [-0.15, -0.1) is 0 Å². The maximum absolute atomic E-state index is 12.2. The molecule has 2 amide bonds.